The van der Waals surface area contributed by atoms with Gasteiger partial charge in [0.1, 0.15) is 5.82 Å². The van der Waals surface area contributed by atoms with Crippen molar-refractivity contribution in [2.45, 2.75) is 25.8 Å². The molecule has 0 saturated carbocycles. The van der Waals surface area contributed by atoms with E-state index in [1.165, 1.54) is 5.69 Å². The van der Waals surface area contributed by atoms with E-state index in [0.717, 1.165) is 75.1 Å². The quantitative estimate of drug-likeness (QED) is 0.439. The van der Waals surface area contributed by atoms with Crippen LogP contribution in [0.5, 0.6) is 0 Å². The van der Waals surface area contributed by atoms with Crippen molar-refractivity contribution < 1.29 is 4.74 Å². The fourth-order valence-corrected chi connectivity index (χ4v) is 5.89. The predicted octanol–water partition coefficient (Wildman–Crippen LogP) is 3.84. The molecule has 0 atom stereocenters. The number of nitrogens with two attached hydrogens (primary N) is 1. The molecule has 2 N–H and O–H groups in total. The van der Waals surface area contributed by atoms with Gasteiger partial charge in [-0.25, -0.2) is 4.98 Å². The van der Waals surface area contributed by atoms with Crippen LogP contribution in [0.4, 0.5) is 23.1 Å². The molecule has 1 aromatic carbocycles. The molecule has 6 rings (SSSR count). The topological polar surface area (TPSA) is 88.6 Å². The van der Waals surface area contributed by atoms with E-state index in [0.29, 0.717) is 17.3 Å². The standard InChI is InChI=1S/C26H32N8OS/c1-18-28-23-24(27)29-26(30-25(23)33(18)22-9-16-36-17-22)34(21-7-10-31(2)11-8-21)20-5-3-19(4-6-20)32-12-14-35-15-13-32/h3-6,9,16-17,21H,7-8,10-15H2,1-2H3,(H2,27,29,30). The molecule has 9 nitrogen and oxygen atoms in total. The molecule has 0 unspecified atom stereocenters. The summed E-state index contributed by atoms with van der Waals surface area (Å²) < 4.78 is 7.60. The van der Waals surface area contributed by atoms with Crippen LogP contribution in [0.1, 0.15) is 18.7 Å². The molecule has 2 aliphatic rings. The molecule has 0 amide bonds. The van der Waals surface area contributed by atoms with Gasteiger partial charge in [0.25, 0.3) is 0 Å². The van der Waals surface area contributed by atoms with E-state index in [-0.39, 0.29) is 6.04 Å². The van der Waals surface area contributed by atoms with E-state index in [1.54, 1.807) is 11.3 Å². The summed E-state index contributed by atoms with van der Waals surface area (Å²) in [4.78, 5) is 21.6. The Labute approximate surface area is 215 Å². The lowest BCUT2D eigenvalue weighted by molar-refractivity contribution is 0.122. The smallest absolute Gasteiger partial charge is 0.234 e. The van der Waals surface area contributed by atoms with Crippen LogP contribution in [0.25, 0.3) is 16.9 Å². The average molecular weight is 505 g/mol. The summed E-state index contributed by atoms with van der Waals surface area (Å²) in [6.45, 7) is 7.44. The molecule has 4 aromatic rings. The first-order valence-corrected chi connectivity index (χ1v) is 13.5. The van der Waals surface area contributed by atoms with Crippen LogP contribution >= 0.6 is 11.3 Å². The lowest BCUT2D eigenvalue weighted by Crippen LogP contribution is -2.42. The number of piperidine rings is 1. The maximum absolute atomic E-state index is 6.50. The molecule has 36 heavy (non-hydrogen) atoms. The Morgan fingerprint density at radius 3 is 2.42 bits per heavy atom. The molecule has 188 valence electrons. The van der Waals surface area contributed by atoms with E-state index in [1.807, 2.05) is 6.92 Å². The van der Waals surface area contributed by atoms with E-state index in [9.17, 15) is 0 Å². The molecule has 2 saturated heterocycles. The number of nitrogens with zero attached hydrogens (tertiary/aromatic N) is 7. The first-order chi connectivity index (χ1) is 17.6. The lowest BCUT2D eigenvalue weighted by Gasteiger charge is -2.37. The molecule has 2 fully saturated rings. The largest absolute Gasteiger partial charge is 0.382 e. The maximum Gasteiger partial charge on any atom is 0.234 e. The lowest BCUT2D eigenvalue weighted by atomic mass is 10.0. The summed E-state index contributed by atoms with van der Waals surface area (Å²) in [6, 6.07) is 11.1. The van der Waals surface area contributed by atoms with Gasteiger partial charge in [0.2, 0.25) is 5.95 Å². The second-order valence-electron chi connectivity index (χ2n) is 9.58. The second-order valence-corrected chi connectivity index (χ2v) is 10.4. The van der Waals surface area contributed by atoms with E-state index in [2.05, 4.69) is 67.4 Å². The van der Waals surface area contributed by atoms with Gasteiger partial charge in [0.05, 0.1) is 18.9 Å². The zero-order valence-corrected chi connectivity index (χ0v) is 21.6. The molecule has 2 aliphatic heterocycles. The average Bonchev–Trinajstić information content (AvgIpc) is 3.54. The van der Waals surface area contributed by atoms with Crippen LogP contribution in [0.3, 0.4) is 0 Å². The number of likely N-dealkylation sites (tertiary alicyclic amines) is 1. The minimum absolute atomic E-state index is 0.283. The van der Waals surface area contributed by atoms with Crippen molar-refractivity contribution in [2.24, 2.45) is 0 Å². The number of aromatic nitrogens is 4. The van der Waals surface area contributed by atoms with Crippen molar-refractivity contribution in [3.8, 4) is 5.69 Å². The van der Waals surface area contributed by atoms with Crippen LogP contribution in [0.2, 0.25) is 0 Å². The first kappa shape index (κ1) is 23.2. The van der Waals surface area contributed by atoms with Gasteiger partial charge in [0, 0.05) is 35.9 Å². The SMILES string of the molecule is Cc1nc2c(N)nc(N(c3ccc(N4CCOCC4)cc3)C3CCN(C)CC3)nc2n1-c1ccsc1. The summed E-state index contributed by atoms with van der Waals surface area (Å²) in [6.07, 6.45) is 2.07. The highest BCUT2D eigenvalue weighted by molar-refractivity contribution is 7.08. The summed E-state index contributed by atoms with van der Waals surface area (Å²) in [5.74, 6) is 1.89. The Bertz CT molecular complexity index is 1320. The second kappa shape index (κ2) is 9.68. The van der Waals surface area contributed by atoms with E-state index < -0.39 is 0 Å². The number of hydrogen-bond donors (Lipinski definition) is 1. The number of rotatable bonds is 5. The minimum Gasteiger partial charge on any atom is -0.382 e. The van der Waals surface area contributed by atoms with Crippen LogP contribution in [0.15, 0.2) is 41.1 Å². The van der Waals surface area contributed by atoms with Gasteiger partial charge in [-0.1, -0.05) is 0 Å². The van der Waals surface area contributed by atoms with E-state index in [4.69, 9.17) is 25.4 Å². The highest BCUT2D eigenvalue weighted by Gasteiger charge is 2.28. The normalized spacial score (nSPS) is 17.7. The number of hydrogen-bond acceptors (Lipinski definition) is 9. The van der Waals surface area contributed by atoms with Crippen molar-refractivity contribution in [3.63, 3.8) is 0 Å². The van der Waals surface area contributed by atoms with Crippen molar-refractivity contribution >= 4 is 45.6 Å². The summed E-state index contributed by atoms with van der Waals surface area (Å²) >= 11 is 1.65. The Hall–Kier alpha value is -3.21. The third kappa shape index (κ3) is 4.29. The van der Waals surface area contributed by atoms with E-state index >= 15 is 0 Å². The summed E-state index contributed by atoms with van der Waals surface area (Å²) in [7, 11) is 2.18. The maximum atomic E-state index is 6.50. The van der Waals surface area contributed by atoms with Crippen molar-refractivity contribution in [1.29, 1.82) is 0 Å². The molecule has 10 heteroatoms. The third-order valence-corrected chi connectivity index (χ3v) is 7.90. The molecule has 0 spiro atoms. The number of ether oxygens (including phenoxy) is 1. The van der Waals surface area contributed by atoms with Crippen molar-refractivity contribution in [1.82, 2.24) is 24.4 Å². The number of aryl methyl sites for hydroxylation is 1. The van der Waals surface area contributed by atoms with Gasteiger partial charge in [-0.15, -0.1) is 0 Å². The number of imidazole rings is 1. The molecular weight excluding hydrogens is 472 g/mol. The monoisotopic (exact) mass is 504 g/mol. The summed E-state index contributed by atoms with van der Waals surface area (Å²) in [5, 5.41) is 4.16. The number of morpholine rings is 1. The number of anilines is 4. The van der Waals surface area contributed by atoms with Gasteiger partial charge in [-0.2, -0.15) is 21.3 Å². The molecule has 0 bridgehead atoms. The highest BCUT2D eigenvalue weighted by atomic mass is 32.1. The van der Waals surface area contributed by atoms with Gasteiger partial charge < -0.3 is 25.2 Å². The van der Waals surface area contributed by atoms with Gasteiger partial charge in [-0.3, -0.25) is 4.57 Å². The molecule has 0 aliphatic carbocycles. The van der Waals surface area contributed by atoms with Crippen LogP contribution < -0.4 is 15.5 Å². The number of thiophene rings is 1. The van der Waals surface area contributed by atoms with Crippen LogP contribution in [0, 0.1) is 6.92 Å². The highest BCUT2D eigenvalue weighted by Crippen LogP contribution is 2.34. The Balaban J connectivity index is 1.43. The number of fused-ring (bicyclic) bond motifs is 1. The van der Waals surface area contributed by atoms with Gasteiger partial charge in [0.15, 0.2) is 17.0 Å². The van der Waals surface area contributed by atoms with Gasteiger partial charge >= 0.3 is 0 Å². The van der Waals surface area contributed by atoms with Crippen molar-refractivity contribution in [3.05, 3.63) is 46.9 Å². The predicted molar refractivity (Wildman–Crippen MR) is 146 cm³/mol. The fraction of sp³-hybridized carbons (Fsp3) is 0.423. The van der Waals surface area contributed by atoms with Crippen LogP contribution in [-0.4, -0.2) is 76.9 Å². The molecule has 5 heterocycles. The summed E-state index contributed by atoms with van der Waals surface area (Å²) in [5.41, 5.74) is 11.2. The minimum atomic E-state index is 0.283. The third-order valence-electron chi connectivity index (χ3n) is 7.23. The fourth-order valence-electron chi connectivity index (χ4n) is 5.27. The Morgan fingerprint density at radius 1 is 0.972 bits per heavy atom. The molecular formula is C26H32N8OS. The zero-order chi connectivity index (χ0) is 24.6. The Kier molecular flexibility index (Phi) is 6.24. The number of benzene rings is 1. The Morgan fingerprint density at radius 2 is 1.72 bits per heavy atom. The first-order valence-electron chi connectivity index (χ1n) is 12.5. The van der Waals surface area contributed by atoms with Crippen molar-refractivity contribution in [2.75, 3.05) is 62.0 Å². The van der Waals surface area contributed by atoms with Gasteiger partial charge in [-0.05, 0) is 75.6 Å². The zero-order valence-electron chi connectivity index (χ0n) is 20.8. The number of nitrogen functional groups attached to an aromatic ring is 1. The molecule has 3 aromatic heterocycles. The van der Waals surface area contributed by atoms with Crippen LogP contribution in [-0.2, 0) is 4.74 Å². The molecule has 0 radical (unpaired) electrons.